The monoisotopic (exact) mass is 387 g/mol. The van der Waals surface area contributed by atoms with Crippen LogP contribution in [0.3, 0.4) is 0 Å². The van der Waals surface area contributed by atoms with Crippen LogP contribution >= 0.6 is 23.2 Å². The van der Waals surface area contributed by atoms with Crippen LogP contribution in [0.25, 0.3) is 28.2 Å². The maximum atomic E-state index is 13.8. The molecule has 2 aromatic carbocycles. The van der Waals surface area contributed by atoms with Crippen LogP contribution in [0, 0.1) is 5.82 Å². The number of fused-ring (bicyclic) bond motifs is 1. The highest BCUT2D eigenvalue weighted by Crippen LogP contribution is 2.38. The lowest BCUT2D eigenvalue weighted by Crippen LogP contribution is -2.04. The van der Waals surface area contributed by atoms with Gasteiger partial charge in [-0.1, -0.05) is 35.3 Å². The van der Waals surface area contributed by atoms with Crippen molar-refractivity contribution in [1.29, 1.82) is 0 Å². The molecule has 0 radical (unpaired) electrons. The number of aromatic nitrogens is 3. The van der Waals surface area contributed by atoms with E-state index in [4.69, 9.17) is 34.7 Å². The molecule has 0 fully saturated rings. The predicted molar refractivity (Wildman–Crippen MR) is 103 cm³/mol. The Bertz CT molecular complexity index is 1130. The summed E-state index contributed by atoms with van der Waals surface area (Å²) < 4.78 is 15.6. The van der Waals surface area contributed by atoms with Gasteiger partial charge in [-0.05, 0) is 24.3 Å². The Kier molecular flexibility index (Phi) is 3.94. The van der Waals surface area contributed by atoms with E-state index in [1.54, 1.807) is 41.1 Å². The molecule has 26 heavy (non-hydrogen) atoms. The van der Waals surface area contributed by atoms with Crippen LogP contribution in [0.1, 0.15) is 0 Å². The summed E-state index contributed by atoms with van der Waals surface area (Å²) in [5.41, 5.74) is 15.0. The van der Waals surface area contributed by atoms with Crippen molar-refractivity contribution in [2.24, 2.45) is 0 Å². The minimum Gasteiger partial charge on any atom is -0.396 e. The summed E-state index contributed by atoms with van der Waals surface area (Å²) in [5, 5.41) is 0.616. The number of hydrogen-bond acceptors (Lipinski definition) is 4. The smallest absolute Gasteiger partial charge is 0.180 e. The van der Waals surface area contributed by atoms with Crippen molar-refractivity contribution in [3.63, 3.8) is 0 Å². The predicted octanol–water partition coefficient (Wildman–Crippen LogP) is 4.67. The fourth-order valence-electron chi connectivity index (χ4n) is 2.84. The van der Waals surface area contributed by atoms with Gasteiger partial charge in [0, 0.05) is 23.5 Å². The molecule has 0 unspecified atom stereocenters. The van der Waals surface area contributed by atoms with E-state index in [-0.39, 0.29) is 17.3 Å². The number of nitrogens with two attached hydrogens (primary N) is 2. The second-order valence-corrected chi connectivity index (χ2v) is 6.49. The molecule has 2 heterocycles. The quantitative estimate of drug-likeness (QED) is 0.489. The number of rotatable bonds is 2. The van der Waals surface area contributed by atoms with Gasteiger partial charge in [0.1, 0.15) is 5.82 Å². The molecule has 4 aromatic rings. The van der Waals surface area contributed by atoms with Gasteiger partial charge in [-0.25, -0.2) is 14.4 Å². The fraction of sp³-hybridized carbons (Fsp3) is 0. The third kappa shape index (κ3) is 2.64. The second kappa shape index (κ2) is 6.16. The summed E-state index contributed by atoms with van der Waals surface area (Å²) >= 11 is 12.4. The van der Waals surface area contributed by atoms with E-state index >= 15 is 0 Å². The molecule has 0 bridgehead atoms. The van der Waals surface area contributed by atoms with Gasteiger partial charge in [-0.2, -0.15) is 0 Å². The molecule has 0 saturated heterocycles. The summed E-state index contributed by atoms with van der Waals surface area (Å²) in [6.45, 7) is 0. The number of benzene rings is 2. The van der Waals surface area contributed by atoms with Crippen molar-refractivity contribution >= 4 is 40.4 Å². The van der Waals surface area contributed by atoms with Crippen LogP contribution in [-0.4, -0.2) is 14.4 Å². The Labute approximate surface area is 158 Å². The lowest BCUT2D eigenvalue weighted by atomic mass is 10.0. The standard InChI is InChI=1S/C18H12Cl2FN5/c19-12-7-10(8-13(20)14(12)22)16-15(9-2-1-3-11(21)6-9)25-17(23)18-24-4-5-26(16)18/h1-8H,22H2,(H2,23,25). The van der Waals surface area contributed by atoms with E-state index in [0.29, 0.717) is 38.2 Å². The maximum absolute atomic E-state index is 13.8. The summed E-state index contributed by atoms with van der Waals surface area (Å²) in [5.74, 6) is -0.154. The lowest BCUT2D eigenvalue weighted by Gasteiger charge is -2.15. The molecule has 4 N–H and O–H groups in total. The summed E-state index contributed by atoms with van der Waals surface area (Å²) in [4.78, 5) is 8.68. The topological polar surface area (TPSA) is 82.2 Å². The number of halogens is 3. The van der Waals surface area contributed by atoms with Crippen LogP contribution < -0.4 is 11.5 Å². The van der Waals surface area contributed by atoms with Crippen molar-refractivity contribution < 1.29 is 4.39 Å². The Hall–Kier alpha value is -2.83. The zero-order chi connectivity index (χ0) is 18.4. The number of nitrogen functional groups attached to an aromatic ring is 2. The SMILES string of the molecule is Nc1c(Cl)cc(-c2c(-c3cccc(F)c3)nc(N)c3nccn23)cc1Cl. The first-order chi connectivity index (χ1) is 12.5. The molecule has 8 heteroatoms. The van der Waals surface area contributed by atoms with Crippen LogP contribution in [0.5, 0.6) is 0 Å². The van der Waals surface area contributed by atoms with E-state index in [1.807, 2.05) is 0 Å². The molecule has 2 aromatic heterocycles. The number of hydrogen-bond donors (Lipinski definition) is 2. The van der Waals surface area contributed by atoms with Crippen molar-refractivity contribution in [1.82, 2.24) is 14.4 Å². The largest absolute Gasteiger partial charge is 0.396 e. The van der Waals surface area contributed by atoms with Gasteiger partial charge in [0.2, 0.25) is 0 Å². The van der Waals surface area contributed by atoms with Gasteiger partial charge in [-0.3, -0.25) is 4.40 Å². The van der Waals surface area contributed by atoms with E-state index in [9.17, 15) is 4.39 Å². The minimum atomic E-state index is -0.382. The lowest BCUT2D eigenvalue weighted by molar-refractivity contribution is 0.628. The number of imidazole rings is 1. The van der Waals surface area contributed by atoms with E-state index in [0.717, 1.165) is 0 Å². The Morgan fingerprint density at radius 3 is 2.42 bits per heavy atom. The van der Waals surface area contributed by atoms with E-state index < -0.39 is 0 Å². The summed E-state index contributed by atoms with van der Waals surface area (Å²) in [6.07, 6.45) is 3.34. The normalized spacial score (nSPS) is 11.2. The van der Waals surface area contributed by atoms with Gasteiger partial charge in [-0.15, -0.1) is 0 Å². The fourth-order valence-corrected chi connectivity index (χ4v) is 3.33. The first-order valence-electron chi connectivity index (χ1n) is 7.59. The average molecular weight is 388 g/mol. The van der Waals surface area contributed by atoms with Gasteiger partial charge in [0.25, 0.3) is 0 Å². The molecule has 0 amide bonds. The molecule has 5 nitrogen and oxygen atoms in total. The zero-order valence-electron chi connectivity index (χ0n) is 13.2. The molecule has 0 saturated carbocycles. The molecular weight excluding hydrogens is 376 g/mol. The highest BCUT2D eigenvalue weighted by Gasteiger charge is 2.19. The molecule has 0 atom stereocenters. The summed E-state index contributed by atoms with van der Waals surface area (Å²) in [6, 6.07) is 9.45. The second-order valence-electron chi connectivity index (χ2n) is 5.68. The third-order valence-electron chi connectivity index (χ3n) is 4.02. The molecule has 0 spiro atoms. The molecule has 130 valence electrons. The van der Waals surface area contributed by atoms with Crippen molar-refractivity contribution in [2.45, 2.75) is 0 Å². The van der Waals surface area contributed by atoms with E-state index in [2.05, 4.69) is 9.97 Å². The Morgan fingerprint density at radius 1 is 1.00 bits per heavy atom. The number of nitrogens with zero attached hydrogens (tertiary/aromatic N) is 3. The van der Waals surface area contributed by atoms with Crippen LogP contribution in [-0.2, 0) is 0 Å². The van der Waals surface area contributed by atoms with Crippen molar-refractivity contribution in [3.05, 3.63) is 64.7 Å². The van der Waals surface area contributed by atoms with Crippen LogP contribution in [0.4, 0.5) is 15.9 Å². The molecular formula is C18H12Cl2FN5. The Balaban J connectivity index is 2.12. The zero-order valence-corrected chi connectivity index (χ0v) is 14.8. The summed E-state index contributed by atoms with van der Waals surface area (Å²) in [7, 11) is 0. The molecule has 0 aliphatic heterocycles. The maximum Gasteiger partial charge on any atom is 0.180 e. The van der Waals surface area contributed by atoms with Crippen LogP contribution in [0.2, 0.25) is 10.0 Å². The first-order valence-corrected chi connectivity index (χ1v) is 8.34. The van der Waals surface area contributed by atoms with Crippen molar-refractivity contribution in [2.75, 3.05) is 11.5 Å². The van der Waals surface area contributed by atoms with Gasteiger partial charge in [0.15, 0.2) is 11.5 Å². The average Bonchev–Trinajstić information content (AvgIpc) is 3.09. The van der Waals surface area contributed by atoms with Crippen molar-refractivity contribution in [3.8, 4) is 22.5 Å². The first kappa shape index (κ1) is 16.6. The minimum absolute atomic E-state index is 0.227. The van der Waals surface area contributed by atoms with Gasteiger partial charge in [0.05, 0.1) is 27.1 Å². The number of anilines is 2. The van der Waals surface area contributed by atoms with Gasteiger partial charge < -0.3 is 11.5 Å². The molecule has 0 aliphatic carbocycles. The highest BCUT2D eigenvalue weighted by atomic mass is 35.5. The highest BCUT2D eigenvalue weighted by molar-refractivity contribution is 6.39. The van der Waals surface area contributed by atoms with Gasteiger partial charge >= 0.3 is 0 Å². The Morgan fingerprint density at radius 2 is 1.73 bits per heavy atom. The third-order valence-corrected chi connectivity index (χ3v) is 4.64. The van der Waals surface area contributed by atoms with Crippen LogP contribution in [0.15, 0.2) is 48.8 Å². The van der Waals surface area contributed by atoms with E-state index in [1.165, 1.54) is 12.1 Å². The molecule has 4 rings (SSSR count). The molecule has 0 aliphatic rings.